The summed E-state index contributed by atoms with van der Waals surface area (Å²) in [5.74, 6) is 0.288. The van der Waals surface area contributed by atoms with Gasteiger partial charge in [-0.05, 0) is 24.6 Å². The summed E-state index contributed by atoms with van der Waals surface area (Å²) in [7, 11) is -0.810. The van der Waals surface area contributed by atoms with Gasteiger partial charge >= 0.3 is 0 Å². The zero-order valence-electron chi connectivity index (χ0n) is 12.0. The number of rotatable bonds is 8. The molecule has 0 saturated heterocycles. The lowest BCUT2D eigenvalue weighted by Crippen LogP contribution is -2.36. The highest BCUT2D eigenvalue weighted by Crippen LogP contribution is 2.27. The lowest BCUT2D eigenvalue weighted by molar-refractivity contribution is 0.168. The maximum atomic E-state index is 12.6. The van der Waals surface area contributed by atoms with Crippen LogP contribution in [0.25, 0.3) is 0 Å². The van der Waals surface area contributed by atoms with Crippen LogP contribution in [-0.2, 0) is 14.8 Å². The van der Waals surface area contributed by atoms with E-state index in [4.69, 9.17) is 14.6 Å². The summed E-state index contributed by atoms with van der Waals surface area (Å²) in [5.41, 5.74) is 0.820. The van der Waals surface area contributed by atoms with Crippen molar-refractivity contribution in [3.8, 4) is 5.75 Å². The third-order valence-electron chi connectivity index (χ3n) is 2.83. The van der Waals surface area contributed by atoms with Crippen LogP contribution in [-0.4, -0.2) is 58.4 Å². The molecule has 0 fully saturated rings. The van der Waals surface area contributed by atoms with Gasteiger partial charge in [-0.25, -0.2) is 8.42 Å². The SMILES string of the molecule is COCCN(CCO)S(=O)(=O)c1cc(C)ccc1OC. The van der Waals surface area contributed by atoms with Gasteiger partial charge in [-0.1, -0.05) is 6.07 Å². The van der Waals surface area contributed by atoms with Crippen LogP contribution >= 0.6 is 0 Å². The molecule has 114 valence electrons. The number of sulfonamides is 1. The van der Waals surface area contributed by atoms with E-state index in [0.717, 1.165) is 5.56 Å². The monoisotopic (exact) mass is 303 g/mol. The highest BCUT2D eigenvalue weighted by Gasteiger charge is 2.27. The fourth-order valence-electron chi connectivity index (χ4n) is 1.78. The van der Waals surface area contributed by atoms with E-state index in [-0.39, 0.29) is 36.9 Å². The molecule has 20 heavy (non-hydrogen) atoms. The van der Waals surface area contributed by atoms with Gasteiger partial charge in [0.05, 0.1) is 20.3 Å². The summed E-state index contributed by atoms with van der Waals surface area (Å²) in [6, 6.07) is 4.96. The lowest BCUT2D eigenvalue weighted by atomic mass is 10.2. The Kier molecular flexibility index (Phi) is 6.41. The molecule has 0 saturated carbocycles. The first kappa shape index (κ1) is 16.9. The van der Waals surface area contributed by atoms with Gasteiger partial charge < -0.3 is 14.6 Å². The first-order valence-electron chi connectivity index (χ1n) is 6.22. The third kappa shape index (κ3) is 3.92. The maximum absolute atomic E-state index is 12.6. The lowest BCUT2D eigenvalue weighted by Gasteiger charge is -2.22. The third-order valence-corrected chi connectivity index (χ3v) is 4.75. The van der Waals surface area contributed by atoms with Gasteiger partial charge in [0.2, 0.25) is 10.0 Å². The predicted octanol–water partition coefficient (Wildman–Crippen LogP) is 0.633. The van der Waals surface area contributed by atoms with Crippen molar-refractivity contribution in [2.75, 3.05) is 40.5 Å². The highest BCUT2D eigenvalue weighted by atomic mass is 32.2. The van der Waals surface area contributed by atoms with E-state index in [9.17, 15) is 8.42 Å². The molecule has 1 rings (SSSR count). The number of hydrogen-bond donors (Lipinski definition) is 1. The quantitative estimate of drug-likeness (QED) is 0.762. The van der Waals surface area contributed by atoms with Gasteiger partial charge in [0, 0.05) is 20.2 Å². The summed E-state index contributed by atoms with van der Waals surface area (Å²) in [5, 5.41) is 9.05. The molecule has 0 atom stereocenters. The zero-order chi connectivity index (χ0) is 15.2. The first-order chi connectivity index (χ1) is 9.47. The van der Waals surface area contributed by atoms with Crippen LogP contribution in [0.15, 0.2) is 23.1 Å². The molecule has 0 aliphatic heterocycles. The molecule has 1 N–H and O–H groups in total. The largest absolute Gasteiger partial charge is 0.495 e. The smallest absolute Gasteiger partial charge is 0.246 e. The second kappa shape index (κ2) is 7.58. The van der Waals surface area contributed by atoms with E-state index in [1.165, 1.54) is 18.5 Å². The Balaban J connectivity index is 3.21. The van der Waals surface area contributed by atoms with E-state index in [2.05, 4.69) is 0 Å². The average Bonchev–Trinajstić information content (AvgIpc) is 2.43. The van der Waals surface area contributed by atoms with Crippen molar-refractivity contribution in [1.29, 1.82) is 0 Å². The van der Waals surface area contributed by atoms with Crippen molar-refractivity contribution in [3.05, 3.63) is 23.8 Å². The Hall–Kier alpha value is -1.15. The molecule has 0 unspecified atom stereocenters. The van der Waals surface area contributed by atoms with E-state index < -0.39 is 10.0 Å². The van der Waals surface area contributed by atoms with E-state index in [1.807, 2.05) is 6.92 Å². The number of nitrogens with zero attached hydrogens (tertiary/aromatic N) is 1. The van der Waals surface area contributed by atoms with Gasteiger partial charge in [0.1, 0.15) is 10.6 Å². The van der Waals surface area contributed by atoms with Crippen molar-refractivity contribution in [2.24, 2.45) is 0 Å². The number of hydrogen-bond acceptors (Lipinski definition) is 5. The molecule has 0 heterocycles. The van der Waals surface area contributed by atoms with Crippen molar-refractivity contribution in [1.82, 2.24) is 4.31 Å². The highest BCUT2D eigenvalue weighted by molar-refractivity contribution is 7.89. The summed E-state index contributed by atoms with van der Waals surface area (Å²) >= 11 is 0. The number of ether oxygens (including phenoxy) is 2. The molecule has 0 aromatic heterocycles. The van der Waals surface area contributed by atoms with Crippen LogP contribution in [0, 0.1) is 6.92 Å². The van der Waals surface area contributed by atoms with E-state index in [1.54, 1.807) is 18.2 Å². The van der Waals surface area contributed by atoms with E-state index in [0.29, 0.717) is 0 Å². The second-order valence-corrected chi connectivity index (χ2v) is 6.18. The number of methoxy groups -OCH3 is 2. The summed E-state index contributed by atoms with van der Waals surface area (Å²) in [6.45, 7) is 2.01. The Labute approximate surface area is 120 Å². The normalized spacial score (nSPS) is 11.8. The van der Waals surface area contributed by atoms with Crippen LogP contribution in [0.1, 0.15) is 5.56 Å². The molecule has 7 heteroatoms. The summed E-state index contributed by atoms with van der Waals surface area (Å²) in [6.07, 6.45) is 0. The second-order valence-electron chi connectivity index (χ2n) is 4.27. The number of aryl methyl sites for hydroxylation is 1. The molecular weight excluding hydrogens is 282 g/mol. The van der Waals surface area contributed by atoms with Crippen LogP contribution in [0.5, 0.6) is 5.75 Å². The molecule has 0 radical (unpaired) electrons. The minimum atomic E-state index is -3.73. The topological polar surface area (TPSA) is 76.1 Å². The minimum absolute atomic E-state index is 0.0167. The van der Waals surface area contributed by atoms with Crippen molar-refractivity contribution in [3.63, 3.8) is 0 Å². The van der Waals surface area contributed by atoms with Crippen molar-refractivity contribution in [2.45, 2.75) is 11.8 Å². The Morgan fingerprint density at radius 3 is 2.50 bits per heavy atom. The van der Waals surface area contributed by atoms with Crippen LogP contribution in [0.3, 0.4) is 0 Å². The van der Waals surface area contributed by atoms with Gasteiger partial charge in [-0.15, -0.1) is 0 Å². The molecule has 0 aliphatic carbocycles. The fraction of sp³-hybridized carbons (Fsp3) is 0.538. The van der Waals surface area contributed by atoms with Gasteiger partial charge in [-0.2, -0.15) is 4.31 Å². The fourth-order valence-corrected chi connectivity index (χ4v) is 3.44. The Morgan fingerprint density at radius 1 is 1.25 bits per heavy atom. The minimum Gasteiger partial charge on any atom is -0.495 e. The number of aliphatic hydroxyl groups excluding tert-OH is 1. The first-order valence-corrected chi connectivity index (χ1v) is 7.66. The molecule has 1 aromatic carbocycles. The number of benzene rings is 1. The van der Waals surface area contributed by atoms with E-state index >= 15 is 0 Å². The Morgan fingerprint density at radius 2 is 1.95 bits per heavy atom. The summed E-state index contributed by atoms with van der Waals surface area (Å²) in [4.78, 5) is 0.101. The average molecular weight is 303 g/mol. The van der Waals surface area contributed by atoms with Crippen LogP contribution in [0.2, 0.25) is 0 Å². The maximum Gasteiger partial charge on any atom is 0.246 e. The van der Waals surface area contributed by atoms with Gasteiger partial charge in [0.15, 0.2) is 0 Å². The standard InChI is InChI=1S/C13H21NO5S/c1-11-4-5-12(19-3)13(10-11)20(16,17)14(6-8-15)7-9-18-2/h4-5,10,15H,6-9H2,1-3H3. The molecule has 1 aromatic rings. The molecule has 0 amide bonds. The summed E-state index contributed by atoms with van der Waals surface area (Å²) < 4.78 is 36.5. The molecule has 0 bridgehead atoms. The molecule has 6 nitrogen and oxygen atoms in total. The zero-order valence-corrected chi connectivity index (χ0v) is 12.8. The van der Waals surface area contributed by atoms with Crippen molar-refractivity contribution >= 4 is 10.0 Å². The van der Waals surface area contributed by atoms with Crippen LogP contribution in [0.4, 0.5) is 0 Å². The van der Waals surface area contributed by atoms with Crippen LogP contribution < -0.4 is 4.74 Å². The predicted molar refractivity (Wildman–Crippen MR) is 75.5 cm³/mol. The van der Waals surface area contributed by atoms with Gasteiger partial charge in [-0.3, -0.25) is 0 Å². The molecular formula is C13H21NO5S. The van der Waals surface area contributed by atoms with Crippen molar-refractivity contribution < 1.29 is 23.0 Å². The van der Waals surface area contributed by atoms with Gasteiger partial charge in [0.25, 0.3) is 0 Å². The molecule has 0 aliphatic rings. The number of aliphatic hydroxyl groups is 1. The molecule has 0 spiro atoms. The Bertz CT molecular complexity index is 530.